The molecular weight excluding hydrogens is 1380 g/mol. The molecule has 0 aliphatic rings. The van der Waals surface area contributed by atoms with E-state index in [4.69, 9.17) is 34.7 Å². The van der Waals surface area contributed by atoms with Crippen molar-refractivity contribution in [3.63, 3.8) is 0 Å². The average Bonchev–Trinajstić information content (AvgIpc) is 0.822. The van der Waals surface area contributed by atoms with Crippen molar-refractivity contribution >= 4 is 70.1 Å². The minimum atomic E-state index is -2.07. The number of carbonyl (C=O) groups is 8. The van der Waals surface area contributed by atoms with E-state index in [0.717, 1.165) is 72.8 Å². The van der Waals surface area contributed by atoms with Gasteiger partial charge in [0.05, 0.1) is 33.8 Å². The monoisotopic (exact) mass is 1470 g/mol. The van der Waals surface area contributed by atoms with E-state index in [-0.39, 0.29) is 171 Å². The van der Waals surface area contributed by atoms with Gasteiger partial charge in [-0.2, -0.15) is 0 Å². The summed E-state index contributed by atoms with van der Waals surface area (Å²) >= 11 is 12.2. The molecule has 5 aromatic carbocycles. The van der Waals surface area contributed by atoms with Crippen LogP contribution in [0, 0.1) is 11.8 Å². The lowest BCUT2D eigenvalue weighted by atomic mass is 9.86. The molecule has 41 nitrogen and oxygen atoms in total. The molecule has 0 radical (unpaired) electrons. The van der Waals surface area contributed by atoms with Gasteiger partial charge in [0.25, 0.3) is 0 Å². The summed E-state index contributed by atoms with van der Waals surface area (Å²) in [5.41, 5.74) is 11.2. The van der Waals surface area contributed by atoms with Crippen molar-refractivity contribution in [2.45, 2.75) is 94.2 Å². The second kappa shape index (κ2) is 56.0. The fourth-order valence-electron chi connectivity index (χ4n) is 8.63. The highest BCUT2D eigenvalue weighted by Gasteiger charge is 2.40. The van der Waals surface area contributed by atoms with Gasteiger partial charge < -0.3 is 177 Å². The lowest BCUT2D eigenvalue weighted by molar-refractivity contribution is -0.141. The van der Waals surface area contributed by atoms with Gasteiger partial charge in [-0.15, -0.1) is 0 Å². The topological polar surface area (TPSA) is 1010 Å². The predicted octanol–water partition coefficient (Wildman–Crippen LogP) is -11.5. The molecule has 54 N–H and O–H groups in total. The number of halogens is 2. The van der Waals surface area contributed by atoms with Gasteiger partial charge in [-0.3, -0.25) is 38.4 Å². The van der Waals surface area contributed by atoms with E-state index in [1.807, 2.05) is 0 Å². The molecule has 0 bridgehead atoms. The number of nitrogens with two attached hydrogens (primary N) is 2. The third-order valence-corrected chi connectivity index (χ3v) is 13.4. The molecule has 0 heterocycles. The summed E-state index contributed by atoms with van der Waals surface area (Å²) in [6.07, 6.45) is -7.42. The highest BCUT2D eigenvalue weighted by atomic mass is 35.5. The molecule has 0 aliphatic carbocycles. The molecule has 0 saturated heterocycles. The van der Waals surface area contributed by atoms with Crippen molar-refractivity contribution in [2.24, 2.45) is 23.3 Å². The molecule has 9 unspecified atom stereocenters. The average molecular weight is 1480 g/mol. The normalized spacial score (nSPS) is 11.9. The van der Waals surface area contributed by atoms with E-state index in [0.29, 0.717) is 0 Å². The van der Waals surface area contributed by atoms with E-state index in [1.54, 1.807) is 13.8 Å². The Morgan fingerprint density at radius 3 is 1.13 bits per heavy atom. The Labute approximate surface area is 565 Å². The molecule has 98 heavy (non-hydrogen) atoms. The maximum atomic E-state index is 14.9. The number of nitrogens with one attached hydrogen (secondary N) is 3. The van der Waals surface area contributed by atoms with E-state index in [2.05, 4.69) is 16.0 Å². The molecule has 9 atom stereocenters. The largest absolute Gasteiger partial charge is 0.508 e. The Morgan fingerprint density at radius 2 is 0.765 bits per heavy atom. The lowest BCUT2D eigenvalue weighted by Crippen LogP contribution is -2.52. The zero-order valence-electron chi connectivity index (χ0n) is 51.8. The van der Waals surface area contributed by atoms with Crippen molar-refractivity contribution in [3.05, 3.63) is 141 Å². The molecule has 0 aliphatic heterocycles. The zero-order chi connectivity index (χ0) is 58.6. The number of aromatic hydroxyl groups is 6. The van der Waals surface area contributed by atoms with Crippen LogP contribution in [0.2, 0.25) is 10.0 Å². The molecule has 4 amide bonds. The maximum absolute atomic E-state index is 14.9. The van der Waals surface area contributed by atoms with Crippen molar-refractivity contribution in [1.82, 2.24) is 16.0 Å². The van der Waals surface area contributed by atoms with Crippen molar-refractivity contribution < 1.29 is 188 Å². The number of amides is 4. The number of aliphatic hydroxyl groups is 2. The van der Waals surface area contributed by atoms with E-state index in [9.17, 15) is 84.3 Å². The minimum absolute atomic E-state index is 0. The summed E-state index contributed by atoms with van der Waals surface area (Å²) in [4.78, 5) is 111. The van der Waals surface area contributed by atoms with E-state index >= 15 is 0 Å². The number of carbonyl (C=O) groups excluding carboxylic acids is 7. The summed E-state index contributed by atoms with van der Waals surface area (Å²) < 4.78 is 0. The molecule has 43 heteroatoms. The van der Waals surface area contributed by atoms with Crippen LogP contribution >= 0.6 is 23.2 Å². The van der Waals surface area contributed by atoms with Crippen LogP contribution in [0.1, 0.15) is 104 Å². The number of phenolic OH excluding ortho intramolecular Hbond substituents is 6. The molecule has 0 fully saturated rings. The predicted molar refractivity (Wildman–Crippen MR) is 352 cm³/mol. The number of ketones is 3. The fourth-order valence-corrected chi connectivity index (χ4v) is 9.01. The van der Waals surface area contributed by atoms with Crippen molar-refractivity contribution in [2.75, 3.05) is 0 Å². The third-order valence-electron chi connectivity index (χ3n) is 12.8. The summed E-state index contributed by atoms with van der Waals surface area (Å²) in [5, 5.41) is 101. The first-order valence-corrected chi connectivity index (χ1v) is 25.1. The number of carboxylic acids is 1. The Bertz CT molecular complexity index is 3080. The van der Waals surface area contributed by atoms with Gasteiger partial charge in [0.2, 0.25) is 23.6 Å². The first kappa shape index (κ1) is 126. The Hall–Kier alpha value is -9.04. The third kappa shape index (κ3) is 34.3. The zero-order valence-corrected chi connectivity index (χ0v) is 53.3. The summed E-state index contributed by atoms with van der Waals surface area (Å²) in [6, 6.07) is 12.3. The van der Waals surface area contributed by atoms with Crippen LogP contribution in [-0.2, 0) is 38.4 Å². The van der Waals surface area contributed by atoms with Crippen molar-refractivity contribution in [3.8, 4) is 34.5 Å². The van der Waals surface area contributed by atoms with Crippen LogP contribution in [0.25, 0.3) is 0 Å². The van der Waals surface area contributed by atoms with Crippen LogP contribution in [0.15, 0.2) is 103 Å². The smallest absolute Gasteiger partial charge is 0.311 e. The fraction of sp³-hybridized carbons (Fsp3) is 0.309. The van der Waals surface area contributed by atoms with Gasteiger partial charge in [-0.1, -0.05) is 73.4 Å². The molecule has 5 rings (SSSR count). The van der Waals surface area contributed by atoms with E-state index < -0.39 is 144 Å². The van der Waals surface area contributed by atoms with Gasteiger partial charge in [-0.05, 0) is 101 Å². The van der Waals surface area contributed by atoms with E-state index in [1.165, 1.54) is 30.3 Å². The molecule has 0 saturated carbocycles. The van der Waals surface area contributed by atoms with Crippen LogP contribution < -0.4 is 27.4 Å². The first-order chi connectivity index (χ1) is 37.1. The van der Waals surface area contributed by atoms with Crippen LogP contribution in [0.4, 0.5) is 0 Å². The van der Waals surface area contributed by atoms with Gasteiger partial charge in [-0.25, -0.2) is 0 Å². The molecule has 0 aromatic heterocycles. The number of hydrogen-bond acceptors (Lipinski definition) is 17. The van der Waals surface area contributed by atoms with Crippen LogP contribution in [0.5, 0.6) is 34.5 Å². The number of Topliss-reactive ketones (excluding diaryl/α,β-unsaturated/α-hetero) is 3. The summed E-state index contributed by atoms with van der Waals surface area (Å²) in [5.74, 6) is -16.9. The second-order valence-corrected chi connectivity index (χ2v) is 20.1. The van der Waals surface area contributed by atoms with Crippen LogP contribution in [0.3, 0.4) is 0 Å². The highest BCUT2D eigenvalue weighted by Crippen LogP contribution is 2.35. The standard InChI is InChI=1S/C55H59Cl2N5O17.19H2O/c1-25(2)15-40(58)54(77)62-48(50(73)28-7-13-41(67)38(56)18-28)43(69)20-31(21-46(59)72)52(75)60-47(27-5-11-33(64)12-6-27)44(70)23-36(26-3-9-32(63)10-4-26)53(76)61-49(51(74)29-8-14-42(68)39(57)19-29)45(71)24-37(55(78)79)30-16-34(65)22-35(66)17-30;;;;;;;;;;;;;;;;;;;/h3-14,16-19,22,25,31,36-37,40,47-51,63-68,73-74H,15,20-21,23-24,58H2,1-2H3,(H2,59,72)(H,60,75)(H,61,76)(H,62,77)(H,78,79);19*1H2. The number of rotatable bonds is 27. The minimum Gasteiger partial charge on any atom is -0.508 e. The Morgan fingerprint density at radius 1 is 0.408 bits per heavy atom. The Kier molecular flexibility index (Phi) is 71.9. The number of aliphatic hydroxyl groups excluding tert-OH is 2. The molecule has 5 aromatic rings. The van der Waals surface area contributed by atoms with Gasteiger partial charge in [0.15, 0.2) is 17.3 Å². The van der Waals surface area contributed by atoms with Gasteiger partial charge in [0.1, 0.15) is 64.8 Å². The Balaban J connectivity index is -0.000000279. The second-order valence-electron chi connectivity index (χ2n) is 19.2. The van der Waals surface area contributed by atoms with Gasteiger partial charge >= 0.3 is 5.97 Å². The number of primary amides is 1. The summed E-state index contributed by atoms with van der Waals surface area (Å²) in [7, 11) is 0. The SMILES string of the molecule is CC(C)CC(N)C(=O)NC(C(=O)CC(CC(N)=O)C(=O)NC(C(=O)CC(C(=O)NC(C(=O)CC(C(=O)O)c1cc(O)cc(O)c1)C(O)c1ccc(O)c(Cl)c1)c1ccc(O)cc1)c1ccc(O)cc1)C(O)c1ccc(O)c(Cl)c1.O.O.O.O.O.O.O.O.O.O.O.O.O.O.O.O.O.O.O. The van der Waals surface area contributed by atoms with Crippen molar-refractivity contribution in [1.29, 1.82) is 0 Å². The van der Waals surface area contributed by atoms with Gasteiger partial charge in [0, 0.05) is 31.7 Å². The highest BCUT2D eigenvalue weighted by molar-refractivity contribution is 6.32. The lowest BCUT2D eigenvalue weighted by Gasteiger charge is -2.28. The van der Waals surface area contributed by atoms with Crippen LogP contribution in [-0.4, -0.2) is 215 Å². The molecule has 572 valence electrons. The number of phenols is 6. The number of aliphatic carboxylic acids is 1. The number of benzene rings is 5. The number of hydrogen-bond donors (Lipinski definition) is 14. The molecular formula is C55H97Cl2N5O36. The number of carboxylic acid groups (broad SMARTS) is 1. The maximum Gasteiger partial charge on any atom is 0.311 e. The molecule has 0 spiro atoms. The quantitative estimate of drug-likeness (QED) is 0.0232. The summed E-state index contributed by atoms with van der Waals surface area (Å²) in [6.45, 7) is 3.57. The first-order valence-electron chi connectivity index (χ1n) is 24.3.